The molecular weight excluding hydrogens is 221 g/mol. The quantitative estimate of drug-likeness (QED) is 0.475. The maximum absolute atomic E-state index is 0. The van der Waals surface area contributed by atoms with Gasteiger partial charge in [-0.25, -0.2) is 0 Å². The van der Waals surface area contributed by atoms with Gasteiger partial charge in [0.25, 0.3) is 0 Å². The molecule has 0 nitrogen and oxygen atoms in total. The first-order chi connectivity index (χ1) is 0. The van der Waals surface area contributed by atoms with Gasteiger partial charge >= 0.3 is 26.0 Å². The van der Waals surface area contributed by atoms with Crippen LogP contribution in [0.3, 0.4) is 0 Å². The summed E-state index contributed by atoms with van der Waals surface area (Å²) in [5, 5.41) is 0. The Kier molecular flexibility index (Phi) is 263. The summed E-state index contributed by atoms with van der Waals surface area (Å²) in [6.07, 6.45) is 0. The van der Waals surface area contributed by atoms with Crippen molar-refractivity contribution >= 4 is 34.1 Å². The van der Waals surface area contributed by atoms with Gasteiger partial charge < -0.3 is 34.1 Å². The molecule has 0 saturated heterocycles. The monoisotopic (exact) mass is 223 g/mol. The average Bonchev–Trinajstić information content (AvgIpc) is 0. The SMILES string of the molecule is [C+4].[Se-2].[Se-2].[V+5]. The number of rotatable bonds is 0. The Bertz CT molecular complexity index is 6.00. The molecule has 0 aliphatic rings. The van der Waals surface area contributed by atoms with Gasteiger partial charge in [0.2, 0.25) is 0 Å². The second kappa shape index (κ2) is 23.0. The topological polar surface area (TPSA) is 0 Å². The Morgan fingerprint density at radius 3 is 0.750 bits per heavy atom. The molecule has 0 saturated carbocycles. The Labute approximate surface area is 59.9 Å². The van der Waals surface area contributed by atoms with Crippen LogP contribution in [0.25, 0.3) is 0 Å². The van der Waals surface area contributed by atoms with E-state index in [4.69, 9.17) is 0 Å². The summed E-state index contributed by atoms with van der Waals surface area (Å²) < 4.78 is 0. The molecule has 0 spiro atoms. The first-order valence-corrected chi connectivity index (χ1v) is 0. The Morgan fingerprint density at radius 1 is 0.750 bits per heavy atom. The van der Waals surface area contributed by atoms with Crippen LogP contribution in [0.2, 0.25) is 0 Å². The molecule has 0 bridgehead atoms. The second-order valence-electron chi connectivity index (χ2n) is 0. The summed E-state index contributed by atoms with van der Waals surface area (Å²) in [6, 6.07) is 0. The molecule has 0 fully saturated rings. The van der Waals surface area contributed by atoms with Crippen molar-refractivity contribution in [1.82, 2.24) is 0 Å². The predicted molar refractivity (Wildman–Crippen MR) is 14.8 cm³/mol. The molecule has 0 radical (unpaired) electrons. The third kappa shape index (κ3) is 9.46. The third-order valence-corrected chi connectivity index (χ3v) is 0. The van der Waals surface area contributed by atoms with Crippen molar-refractivity contribution in [2.75, 3.05) is 0 Å². The van der Waals surface area contributed by atoms with E-state index in [1.54, 1.807) is 0 Å². The van der Waals surface area contributed by atoms with E-state index in [0.29, 0.717) is 0 Å². The molecule has 0 amide bonds. The van der Waals surface area contributed by atoms with Gasteiger partial charge in [-0.2, -0.15) is 0 Å². The van der Waals surface area contributed by atoms with Crippen LogP contribution in [0.1, 0.15) is 0 Å². The van der Waals surface area contributed by atoms with Gasteiger partial charge in [-0.3, -0.25) is 0 Å². The molecule has 3 heteroatoms. The molecule has 0 rings (SSSR count). The Morgan fingerprint density at radius 2 is 0.750 bits per heavy atom. The van der Waals surface area contributed by atoms with E-state index < -0.39 is 0 Å². The van der Waals surface area contributed by atoms with Crippen LogP contribution in [-0.2, 0) is 18.6 Å². The Hall–Kier alpha value is 1.62. The second-order valence-corrected chi connectivity index (χ2v) is 0. The molecule has 4 heavy (non-hydrogen) atoms. The molecule has 0 aliphatic heterocycles. The van der Waals surface area contributed by atoms with Gasteiger partial charge in [-0.1, -0.05) is 0 Å². The molecule has 0 aromatic heterocycles. The van der Waals surface area contributed by atoms with E-state index >= 15 is 0 Å². The fourth-order valence-electron chi connectivity index (χ4n) is 0. The number of hydrogen-bond acceptors (Lipinski definition) is 0. The summed E-state index contributed by atoms with van der Waals surface area (Å²) in [4.78, 5) is 0. The van der Waals surface area contributed by atoms with Gasteiger partial charge in [0.1, 0.15) is 0 Å². The van der Waals surface area contributed by atoms with Gasteiger partial charge in [-0.05, 0) is 0 Å². The maximum Gasteiger partial charge on any atom is 5.00 e. The van der Waals surface area contributed by atoms with Crippen molar-refractivity contribution in [3.8, 4) is 0 Å². The van der Waals surface area contributed by atoms with Crippen LogP contribution in [-0.4, -0.2) is 34.1 Å². The van der Waals surface area contributed by atoms with Gasteiger partial charge in [0, 0.05) is 0 Å². The van der Waals surface area contributed by atoms with Crippen molar-refractivity contribution in [1.29, 1.82) is 0 Å². The maximum atomic E-state index is 0. The summed E-state index contributed by atoms with van der Waals surface area (Å²) >= 11 is 0. The van der Waals surface area contributed by atoms with E-state index in [9.17, 15) is 0 Å². The first kappa shape index (κ1) is 45.6. The summed E-state index contributed by atoms with van der Waals surface area (Å²) in [5.41, 5.74) is 0. The smallest absolute Gasteiger partial charge is 2.00 e. The minimum absolute atomic E-state index is 0. The largest absolute Gasteiger partial charge is 5.00 e. The van der Waals surface area contributed by atoms with Crippen LogP contribution >= 0.6 is 0 Å². The fourth-order valence-corrected chi connectivity index (χ4v) is 0. The molecule has 0 unspecified atom stereocenters. The zero-order chi connectivity index (χ0) is 0. The molecular formula is CSe2V+5. The van der Waals surface area contributed by atoms with Crippen molar-refractivity contribution < 1.29 is 18.6 Å². The normalized spacial score (nSPS) is 0. The summed E-state index contributed by atoms with van der Waals surface area (Å²) in [6.45, 7) is 0. The van der Waals surface area contributed by atoms with E-state index in [2.05, 4.69) is 0 Å². The van der Waals surface area contributed by atoms with Crippen LogP contribution in [0.5, 0.6) is 0 Å². The zero-order valence-electron chi connectivity index (χ0n) is 1.76. The fraction of sp³-hybridized carbons (Fsp3) is 0. The summed E-state index contributed by atoms with van der Waals surface area (Å²) in [5.74, 6) is 0. The summed E-state index contributed by atoms with van der Waals surface area (Å²) in [7, 11) is 0. The molecule has 0 atom stereocenters. The van der Waals surface area contributed by atoms with Crippen molar-refractivity contribution in [2.24, 2.45) is 0 Å². The van der Waals surface area contributed by atoms with E-state index in [0.717, 1.165) is 0 Å². The zero-order valence-corrected chi connectivity index (χ0v) is 6.59. The van der Waals surface area contributed by atoms with Gasteiger partial charge in [0.05, 0.1) is 0 Å². The molecule has 0 aromatic carbocycles. The van der Waals surface area contributed by atoms with Crippen LogP contribution in [0, 0.1) is 7.43 Å². The molecule has 0 aromatic rings. The Balaban J connectivity index is 0. The molecule has 0 heterocycles. The van der Waals surface area contributed by atoms with E-state index in [1.165, 1.54) is 0 Å². The number of hydrogen-bond donors (Lipinski definition) is 0. The minimum Gasteiger partial charge on any atom is -2.00 e. The van der Waals surface area contributed by atoms with E-state index in [-0.39, 0.29) is 60.1 Å². The van der Waals surface area contributed by atoms with E-state index in [1.807, 2.05) is 0 Å². The average molecular weight is 221 g/mol. The van der Waals surface area contributed by atoms with Crippen LogP contribution < -0.4 is 0 Å². The predicted octanol–water partition coefficient (Wildman–Crippen LogP) is -0.683. The van der Waals surface area contributed by atoms with Crippen LogP contribution in [0.4, 0.5) is 0 Å². The van der Waals surface area contributed by atoms with Crippen molar-refractivity contribution in [3.05, 3.63) is 7.43 Å². The third-order valence-electron chi connectivity index (χ3n) is 0. The first-order valence-electron chi connectivity index (χ1n) is 0. The minimum atomic E-state index is 0. The molecule has 16 valence electrons. The van der Waals surface area contributed by atoms with Gasteiger partial charge in [0.15, 0.2) is 0 Å². The molecule has 0 aliphatic carbocycles. The van der Waals surface area contributed by atoms with Crippen molar-refractivity contribution in [3.63, 3.8) is 0 Å². The molecule has 0 N–H and O–H groups in total. The van der Waals surface area contributed by atoms with Gasteiger partial charge in [-0.15, -0.1) is 0 Å². The standard InChI is InChI=1S/C.2Se.V/q+4;2*-2;+5. The van der Waals surface area contributed by atoms with Crippen LogP contribution in [0.15, 0.2) is 0 Å². The van der Waals surface area contributed by atoms with Crippen molar-refractivity contribution in [2.45, 2.75) is 0 Å².